The van der Waals surface area contributed by atoms with Crippen molar-refractivity contribution >= 4 is 29.3 Å². The van der Waals surface area contributed by atoms with E-state index in [0.717, 1.165) is 10.0 Å². The number of carbonyl (C=O) groups excluding carboxylic acids is 3. The Morgan fingerprint density at radius 2 is 1.83 bits per heavy atom. The van der Waals surface area contributed by atoms with E-state index in [2.05, 4.69) is 0 Å². The Kier molecular flexibility index (Phi) is 5.43. The molecule has 2 aromatic rings. The summed E-state index contributed by atoms with van der Waals surface area (Å²) < 4.78 is 14.4. The van der Waals surface area contributed by atoms with Gasteiger partial charge in [0, 0.05) is 5.56 Å². The monoisotopic (exact) mass is 426 g/mol. The lowest BCUT2D eigenvalue weighted by Crippen LogP contribution is -2.50. The highest BCUT2D eigenvalue weighted by Crippen LogP contribution is 2.39. The fourth-order valence-electron chi connectivity index (χ4n) is 4.16. The van der Waals surface area contributed by atoms with E-state index in [1.54, 1.807) is 24.3 Å². The second-order valence-corrected chi connectivity index (χ2v) is 7.98. The smallest absolute Gasteiger partial charge is 0.272 e. The average Bonchev–Trinajstić information content (AvgIpc) is 2.99. The number of rotatable bonds is 4. The molecule has 4 rings (SSSR count). The molecule has 3 unspecified atom stereocenters. The van der Waals surface area contributed by atoms with Crippen molar-refractivity contribution in [1.82, 2.24) is 10.0 Å². The van der Waals surface area contributed by atoms with Crippen LogP contribution in [0.1, 0.15) is 29.3 Å². The summed E-state index contributed by atoms with van der Waals surface area (Å²) in [6.45, 7) is 1.61. The fourth-order valence-corrected chi connectivity index (χ4v) is 4.38. The number of imide groups is 1. The molecule has 3 atom stereocenters. The minimum Gasteiger partial charge on any atom is -0.272 e. The number of nitrogens with zero attached hydrogens (tertiary/aromatic N) is 2. The van der Waals surface area contributed by atoms with Gasteiger partial charge < -0.3 is 0 Å². The normalized spacial score (nSPS) is 22.9. The molecule has 0 radical (unpaired) electrons. The predicted octanol–water partition coefficient (Wildman–Crippen LogP) is 4.23. The lowest BCUT2D eigenvalue weighted by Gasteiger charge is -2.31. The quantitative estimate of drug-likeness (QED) is 0.543. The molecule has 0 N–H and O–H groups in total. The standard InChI is InChI=1S/C23H20ClFN2O3/c1-14-7-6-10-17-20(14)23(30)27(22(17)29)26(13-15-8-2-5-12-19(15)25)21(28)16-9-3-4-11-18(16)24/h2-9,11-12,14,17,20H,10,13H2,1H3. The van der Waals surface area contributed by atoms with Gasteiger partial charge in [0.2, 0.25) is 0 Å². The Morgan fingerprint density at radius 3 is 2.53 bits per heavy atom. The molecule has 3 amide bonds. The first kappa shape index (κ1) is 20.3. The highest BCUT2D eigenvalue weighted by Gasteiger charge is 2.53. The van der Waals surface area contributed by atoms with Crippen molar-refractivity contribution in [2.75, 3.05) is 0 Å². The molecule has 2 aliphatic rings. The van der Waals surface area contributed by atoms with Gasteiger partial charge in [0.1, 0.15) is 5.82 Å². The molecule has 1 saturated heterocycles. The molecule has 7 heteroatoms. The molecule has 1 aliphatic carbocycles. The summed E-state index contributed by atoms with van der Waals surface area (Å²) in [5.41, 5.74) is 0.330. The van der Waals surface area contributed by atoms with Crippen LogP contribution in [-0.4, -0.2) is 27.7 Å². The van der Waals surface area contributed by atoms with Gasteiger partial charge in [0.15, 0.2) is 0 Å². The first-order valence-corrected chi connectivity index (χ1v) is 10.1. The molecule has 1 heterocycles. The van der Waals surface area contributed by atoms with Gasteiger partial charge in [-0.05, 0) is 30.5 Å². The number of fused-ring (bicyclic) bond motifs is 1. The number of halogens is 2. The molecule has 0 bridgehead atoms. The van der Waals surface area contributed by atoms with E-state index in [1.807, 2.05) is 19.1 Å². The SMILES string of the molecule is CC1C=CCC2C(=O)N(N(Cc3ccccc3F)C(=O)c3ccccc3Cl)C(=O)C12. The van der Waals surface area contributed by atoms with Crippen molar-refractivity contribution in [2.45, 2.75) is 19.9 Å². The van der Waals surface area contributed by atoms with Crippen molar-refractivity contribution in [3.05, 3.63) is 82.6 Å². The van der Waals surface area contributed by atoms with E-state index in [-0.39, 0.29) is 28.6 Å². The van der Waals surface area contributed by atoms with Gasteiger partial charge >= 0.3 is 0 Å². The first-order valence-electron chi connectivity index (χ1n) is 9.74. The zero-order chi connectivity index (χ0) is 21.4. The first-order chi connectivity index (χ1) is 14.4. The zero-order valence-corrected chi connectivity index (χ0v) is 17.1. The van der Waals surface area contributed by atoms with Crippen molar-refractivity contribution in [3.63, 3.8) is 0 Å². The van der Waals surface area contributed by atoms with E-state index in [4.69, 9.17) is 11.6 Å². The highest BCUT2D eigenvalue weighted by molar-refractivity contribution is 6.33. The van der Waals surface area contributed by atoms with E-state index in [9.17, 15) is 18.8 Å². The number of hydrogen-bond donors (Lipinski definition) is 0. The number of benzene rings is 2. The second-order valence-electron chi connectivity index (χ2n) is 7.58. The molecule has 2 aromatic carbocycles. The van der Waals surface area contributed by atoms with Crippen LogP contribution in [0.4, 0.5) is 4.39 Å². The third-order valence-electron chi connectivity index (χ3n) is 5.71. The summed E-state index contributed by atoms with van der Waals surface area (Å²) in [5.74, 6) is -3.25. The zero-order valence-electron chi connectivity index (χ0n) is 16.3. The second kappa shape index (κ2) is 8.03. The van der Waals surface area contributed by atoms with Crippen LogP contribution in [0.25, 0.3) is 0 Å². The largest absolute Gasteiger partial charge is 0.274 e. The Bertz CT molecular complexity index is 1050. The van der Waals surface area contributed by atoms with Gasteiger partial charge in [-0.15, -0.1) is 0 Å². The summed E-state index contributed by atoms with van der Waals surface area (Å²) in [5, 5.41) is 2.11. The Hall–Kier alpha value is -2.99. The lowest BCUT2D eigenvalue weighted by molar-refractivity contribution is -0.155. The topological polar surface area (TPSA) is 57.7 Å². The minimum absolute atomic E-state index is 0.129. The van der Waals surface area contributed by atoms with Crippen LogP contribution in [0.5, 0.6) is 0 Å². The molecule has 1 fully saturated rings. The van der Waals surface area contributed by atoms with Crippen LogP contribution in [0.2, 0.25) is 5.02 Å². The summed E-state index contributed by atoms with van der Waals surface area (Å²) in [6, 6.07) is 12.3. The Morgan fingerprint density at radius 1 is 1.13 bits per heavy atom. The molecule has 5 nitrogen and oxygen atoms in total. The maximum atomic E-state index is 14.4. The van der Waals surface area contributed by atoms with Gasteiger partial charge in [0.05, 0.1) is 29.0 Å². The molecular weight excluding hydrogens is 407 g/mol. The third-order valence-corrected chi connectivity index (χ3v) is 6.04. The van der Waals surface area contributed by atoms with Gasteiger partial charge in [-0.1, -0.05) is 61.0 Å². The highest BCUT2D eigenvalue weighted by atomic mass is 35.5. The maximum Gasteiger partial charge on any atom is 0.274 e. The summed E-state index contributed by atoms with van der Waals surface area (Å²) in [4.78, 5) is 39.8. The number of allylic oxidation sites excluding steroid dienone is 2. The van der Waals surface area contributed by atoms with Gasteiger partial charge in [-0.25, -0.2) is 9.40 Å². The fraction of sp³-hybridized carbons (Fsp3) is 0.261. The van der Waals surface area contributed by atoms with Gasteiger partial charge in [-0.2, -0.15) is 5.01 Å². The Labute approximate surface area is 178 Å². The van der Waals surface area contributed by atoms with E-state index in [1.165, 1.54) is 24.3 Å². The van der Waals surface area contributed by atoms with Crippen molar-refractivity contribution in [1.29, 1.82) is 0 Å². The van der Waals surface area contributed by atoms with Gasteiger partial charge in [-0.3, -0.25) is 14.4 Å². The third kappa shape index (κ3) is 3.41. The number of amides is 3. The van der Waals surface area contributed by atoms with Crippen LogP contribution in [-0.2, 0) is 16.1 Å². The van der Waals surface area contributed by atoms with Crippen LogP contribution < -0.4 is 0 Å². The van der Waals surface area contributed by atoms with E-state index < -0.39 is 35.4 Å². The van der Waals surface area contributed by atoms with Crippen LogP contribution in [0, 0.1) is 23.6 Å². The van der Waals surface area contributed by atoms with Crippen LogP contribution >= 0.6 is 11.6 Å². The van der Waals surface area contributed by atoms with Crippen LogP contribution in [0.15, 0.2) is 60.7 Å². The molecule has 0 aromatic heterocycles. The summed E-state index contributed by atoms with van der Waals surface area (Å²) in [7, 11) is 0. The van der Waals surface area contributed by atoms with E-state index in [0.29, 0.717) is 6.42 Å². The summed E-state index contributed by atoms with van der Waals surface area (Å²) >= 11 is 6.20. The minimum atomic E-state index is -0.634. The molecule has 154 valence electrons. The Balaban J connectivity index is 1.77. The molecule has 0 saturated carbocycles. The van der Waals surface area contributed by atoms with Crippen molar-refractivity contribution in [2.24, 2.45) is 17.8 Å². The molecule has 30 heavy (non-hydrogen) atoms. The number of hydrogen-bond acceptors (Lipinski definition) is 3. The molecule has 1 aliphatic heterocycles. The van der Waals surface area contributed by atoms with E-state index >= 15 is 0 Å². The molecular formula is C23H20ClFN2O3. The van der Waals surface area contributed by atoms with Crippen molar-refractivity contribution < 1.29 is 18.8 Å². The van der Waals surface area contributed by atoms with Gasteiger partial charge in [0.25, 0.3) is 17.7 Å². The number of hydrazine groups is 1. The van der Waals surface area contributed by atoms with Crippen LogP contribution in [0.3, 0.4) is 0 Å². The number of carbonyl (C=O) groups is 3. The summed E-state index contributed by atoms with van der Waals surface area (Å²) in [6.07, 6.45) is 4.23. The maximum absolute atomic E-state index is 14.4. The van der Waals surface area contributed by atoms with Crippen molar-refractivity contribution in [3.8, 4) is 0 Å². The predicted molar refractivity (Wildman–Crippen MR) is 109 cm³/mol. The average molecular weight is 427 g/mol. The molecule has 0 spiro atoms. The lowest BCUT2D eigenvalue weighted by atomic mass is 9.78.